The second kappa shape index (κ2) is 15.5. The van der Waals surface area contributed by atoms with Gasteiger partial charge in [0.2, 0.25) is 0 Å². The number of piperazine rings is 1. The number of amides is 1. The Morgan fingerprint density at radius 3 is 2.47 bits per heavy atom. The molecule has 11 heteroatoms. The number of unbranched alkanes of at least 4 members (excludes halogenated alkanes) is 1. The first-order valence-electron chi connectivity index (χ1n) is 19.0. The van der Waals surface area contributed by atoms with Gasteiger partial charge >= 0.3 is 12.1 Å². The van der Waals surface area contributed by atoms with Gasteiger partial charge in [-0.05, 0) is 103 Å². The van der Waals surface area contributed by atoms with Gasteiger partial charge in [0.05, 0.1) is 24.3 Å². The summed E-state index contributed by atoms with van der Waals surface area (Å²) in [6.07, 6.45) is 7.94. The van der Waals surface area contributed by atoms with Crippen LogP contribution in [0.2, 0.25) is 0 Å². The zero-order valence-corrected chi connectivity index (χ0v) is 31.2. The van der Waals surface area contributed by atoms with Gasteiger partial charge in [0.15, 0.2) is 0 Å². The molecular weight excluding hydrogens is 644 g/mol. The maximum Gasteiger partial charge on any atom is 0.410 e. The number of nitrogens with zero attached hydrogens (tertiary/aromatic N) is 6. The molecule has 51 heavy (non-hydrogen) atoms. The summed E-state index contributed by atoms with van der Waals surface area (Å²) in [5.41, 5.74) is 4.34. The molecule has 5 heterocycles. The Morgan fingerprint density at radius 1 is 0.961 bits per heavy atom. The van der Waals surface area contributed by atoms with Gasteiger partial charge in [-0.2, -0.15) is 9.97 Å². The lowest BCUT2D eigenvalue weighted by atomic mass is 9.96. The molecular formula is C40H56N6O5. The van der Waals surface area contributed by atoms with Crippen LogP contribution in [0.5, 0.6) is 6.01 Å². The van der Waals surface area contributed by atoms with Crippen molar-refractivity contribution in [2.24, 2.45) is 0 Å². The summed E-state index contributed by atoms with van der Waals surface area (Å²) in [5.74, 6) is 0.976. The molecule has 0 N–H and O–H groups in total. The highest BCUT2D eigenvalue weighted by molar-refractivity contribution is 5.97. The third-order valence-electron chi connectivity index (χ3n) is 11.0. The van der Waals surface area contributed by atoms with Crippen LogP contribution in [-0.2, 0) is 33.6 Å². The Hall–Kier alpha value is -3.67. The van der Waals surface area contributed by atoms with E-state index in [4.69, 9.17) is 28.9 Å². The maximum absolute atomic E-state index is 13.3. The molecule has 1 amide bonds. The number of carbonyl (C=O) groups excluding carboxylic acids is 1. The van der Waals surface area contributed by atoms with E-state index in [1.54, 1.807) is 7.11 Å². The van der Waals surface area contributed by atoms with Crippen LogP contribution < -0.4 is 14.5 Å². The van der Waals surface area contributed by atoms with E-state index in [0.717, 1.165) is 82.6 Å². The van der Waals surface area contributed by atoms with E-state index in [1.807, 2.05) is 25.7 Å². The molecule has 11 nitrogen and oxygen atoms in total. The zero-order valence-electron chi connectivity index (χ0n) is 31.2. The van der Waals surface area contributed by atoms with Crippen molar-refractivity contribution in [3.05, 3.63) is 53.2 Å². The predicted octanol–water partition coefficient (Wildman–Crippen LogP) is 6.20. The van der Waals surface area contributed by atoms with Crippen LogP contribution in [0.4, 0.5) is 16.3 Å². The van der Waals surface area contributed by atoms with Gasteiger partial charge in [-0.3, -0.25) is 4.90 Å². The molecule has 3 aromatic rings. The molecule has 3 fully saturated rings. The monoisotopic (exact) mass is 700 g/mol. The van der Waals surface area contributed by atoms with Crippen LogP contribution in [0.1, 0.15) is 76.1 Å². The number of fused-ring (bicyclic) bond motifs is 4. The lowest BCUT2D eigenvalue weighted by Crippen LogP contribution is -2.57. The second-order valence-corrected chi connectivity index (χ2v) is 15.8. The summed E-state index contributed by atoms with van der Waals surface area (Å²) in [5, 5.41) is 2.59. The van der Waals surface area contributed by atoms with E-state index in [-0.39, 0.29) is 18.2 Å². The lowest BCUT2D eigenvalue weighted by Gasteiger charge is -2.43. The summed E-state index contributed by atoms with van der Waals surface area (Å²) >= 11 is 0. The molecule has 4 aliphatic rings. The van der Waals surface area contributed by atoms with E-state index in [9.17, 15) is 4.79 Å². The minimum Gasteiger partial charge on any atom is -0.462 e. The van der Waals surface area contributed by atoms with Gasteiger partial charge in [-0.25, -0.2) is 4.79 Å². The number of benzene rings is 2. The number of ether oxygens (including phenoxy) is 4. The fourth-order valence-corrected chi connectivity index (χ4v) is 8.50. The SMILES string of the molecule is COCOCCCCc1cccc2cccc(N3CCc4c(nc(OC[C@@H]5CCCN5C)nc4N4CC5CCC(C4)N5C(=O)OC(C)(C)C)C3)c12. The first-order chi connectivity index (χ1) is 24.7. The third-order valence-corrected chi connectivity index (χ3v) is 11.0. The number of carbonyl (C=O) groups is 1. The third kappa shape index (κ3) is 8.05. The molecule has 4 aliphatic heterocycles. The van der Waals surface area contributed by atoms with Crippen molar-refractivity contribution in [1.82, 2.24) is 19.8 Å². The van der Waals surface area contributed by atoms with Crippen molar-refractivity contribution in [1.29, 1.82) is 0 Å². The number of likely N-dealkylation sites (N-methyl/N-ethyl adjacent to an activating group) is 1. The number of methoxy groups -OCH3 is 1. The van der Waals surface area contributed by atoms with Crippen molar-refractivity contribution in [2.75, 3.05) is 70.1 Å². The molecule has 0 spiro atoms. The lowest BCUT2D eigenvalue weighted by molar-refractivity contribution is -0.0314. The van der Waals surface area contributed by atoms with Crippen molar-refractivity contribution in [2.45, 2.75) is 102 Å². The Balaban J connectivity index is 1.15. The number of likely N-dealkylation sites (tertiary alicyclic amines) is 1. The Kier molecular flexibility index (Phi) is 10.9. The maximum atomic E-state index is 13.3. The highest BCUT2D eigenvalue weighted by Gasteiger charge is 2.45. The van der Waals surface area contributed by atoms with Crippen molar-refractivity contribution >= 4 is 28.4 Å². The molecule has 3 atom stereocenters. The van der Waals surface area contributed by atoms with Crippen LogP contribution in [0.3, 0.4) is 0 Å². The van der Waals surface area contributed by atoms with Crippen LogP contribution in [0.25, 0.3) is 10.8 Å². The van der Waals surface area contributed by atoms with E-state index in [2.05, 4.69) is 58.1 Å². The number of hydrogen-bond donors (Lipinski definition) is 0. The van der Waals surface area contributed by atoms with Gasteiger partial charge in [0, 0.05) is 56.0 Å². The highest BCUT2D eigenvalue weighted by Crippen LogP contribution is 2.39. The summed E-state index contributed by atoms with van der Waals surface area (Å²) < 4.78 is 22.8. The van der Waals surface area contributed by atoms with Crippen LogP contribution in [0.15, 0.2) is 36.4 Å². The molecule has 2 bridgehead atoms. The van der Waals surface area contributed by atoms with Gasteiger partial charge in [-0.15, -0.1) is 0 Å². The number of aryl methyl sites for hydroxylation is 1. The molecule has 0 radical (unpaired) electrons. The minimum atomic E-state index is -0.519. The Labute approximate surface area is 303 Å². The van der Waals surface area contributed by atoms with Crippen LogP contribution >= 0.6 is 0 Å². The topological polar surface area (TPSA) is 92.7 Å². The normalized spacial score (nSPS) is 22.1. The van der Waals surface area contributed by atoms with Crippen molar-refractivity contribution < 1.29 is 23.7 Å². The number of rotatable bonds is 12. The van der Waals surface area contributed by atoms with Gasteiger partial charge in [0.1, 0.15) is 24.8 Å². The van der Waals surface area contributed by atoms with Crippen molar-refractivity contribution in [3.63, 3.8) is 0 Å². The Morgan fingerprint density at radius 2 is 1.75 bits per heavy atom. The fourth-order valence-electron chi connectivity index (χ4n) is 8.50. The second-order valence-electron chi connectivity index (χ2n) is 15.8. The zero-order chi connectivity index (χ0) is 35.5. The molecule has 3 saturated heterocycles. The average molecular weight is 701 g/mol. The molecule has 0 saturated carbocycles. The molecule has 2 unspecified atom stereocenters. The smallest absolute Gasteiger partial charge is 0.410 e. The largest absolute Gasteiger partial charge is 0.462 e. The quantitative estimate of drug-likeness (QED) is 0.161. The Bertz CT molecular complexity index is 1660. The van der Waals surface area contributed by atoms with Crippen LogP contribution in [0, 0.1) is 0 Å². The number of anilines is 2. The minimum absolute atomic E-state index is 0.0986. The average Bonchev–Trinajstić information content (AvgIpc) is 3.65. The van der Waals surface area contributed by atoms with E-state index in [0.29, 0.717) is 38.6 Å². The first kappa shape index (κ1) is 35.7. The molecule has 0 aliphatic carbocycles. The number of aromatic nitrogens is 2. The molecule has 1 aromatic heterocycles. The van der Waals surface area contributed by atoms with E-state index < -0.39 is 5.60 Å². The standard InChI is InChI=1S/C40H56N6O5/c1-40(2,3)51-39(47)46-30-17-18-31(46)24-45(23-30)37-33-19-21-44(25-34(33)41-38(42-37)50-26-32-15-10-20-43(32)4)35-16-9-14-29-13-8-12-28(36(29)35)11-6-7-22-49-27-48-5/h8-9,12-14,16,30-32H,6-7,10-11,15,17-27H2,1-5H3/t30?,31?,32-/m0/s1. The summed E-state index contributed by atoms with van der Waals surface area (Å²) in [6, 6.07) is 14.4. The predicted molar refractivity (Wildman–Crippen MR) is 200 cm³/mol. The van der Waals surface area contributed by atoms with Gasteiger partial charge < -0.3 is 33.6 Å². The summed E-state index contributed by atoms with van der Waals surface area (Å²) in [4.78, 5) is 32.8. The molecule has 7 rings (SSSR count). The summed E-state index contributed by atoms with van der Waals surface area (Å²) in [7, 11) is 3.83. The first-order valence-corrected chi connectivity index (χ1v) is 19.0. The molecule has 2 aromatic carbocycles. The van der Waals surface area contributed by atoms with E-state index in [1.165, 1.54) is 34.0 Å². The highest BCUT2D eigenvalue weighted by atomic mass is 16.7. The number of hydrogen-bond acceptors (Lipinski definition) is 10. The van der Waals surface area contributed by atoms with Crippen LogP contribution in [-0.4, -0.2) is 110 Å². The summed E-state index contributed by atoms with van der Waals surface area (Å²) in [6.45, 7) is 11.6. The van der Waals surface area contributed by atoms with Gasteiger partial charge in [0.25, 0.3) is 0 Å². The fraction of sp³-hybridized carbons (Fsp3) is 0.625. The van der Waals surface area contributed by atoms with Crippen molar-refractivity contribution in [3.8, 4) is 6.01 Å². The molecule has 276 valence electrons. The van der Waals surface area contributed by atoms with E-state index >= 15 is 0 Å². The van der Waals surface area contributed by atoms with Gasteiger partial charge in [-0.1, -0.05) is 30.3 Å².